The molecule has 6 heteroatoms. The molecule has 2 rings (SSSR count). The number of carbonyl (C=O) groups excluding carboxylic acids is 1. The monoisotopic (exact) mass is 259 g/mol. The molecule has 0 bridgehead atoms. The molecule has 2 aromatic rings. The molecule has 1 aromatic heterocycles. The van der Waals surface area contributed by atoms with Crippen LogP contribution in [0.15, 0.2) is 36.5 Å². The van der Waals surface area contributed by atoms with Crippen LogP contribution < -0.4 is 10.6 Å². The highest BCUT2D eigenvalue weighted by Gasteiger charge is 2.06. The van der Waals surface area contributed by atoms with E-state index < -0.39 is 12.0 Å². The van der Waals surface area contributed by atoms with Crippen molar-refractivity contribution in [3.05, 3.63) is 36.5 Å². The summed E-state index contributed by atoms with van der Waals surface area (Å²) >= 11 is 0. The molecule has 0 spiro atoms. The smallest absolute Gasteiger partial charge is 0.319 e. The summed E-state index contributed by atoms with van der Waals surface area (Å²) < 4.78 is 0. The number of anilines is 1. The van der Waals surface area contributed by atoms with E-state index in [9.17, 15) is 9.59 Å². The highest BCUT2D eigenvalue weighted by molar-refractivity contribution is 6.00. The van der Waals surface area contributed by atoms with Gasteiger partial charge in [-0.25, -0.2) is 4.79 Å². The van der Waals surface area contributed by atoms with Gasteiger partial charge >= 0.3 is 12.0 Å². The summed E-state index contributed by atoms with van der Waals surface area (Å²) in [7, 11) is 0. The third-order valence-electron chi connectivity index (χ3n) is 2.52. The van der Waals surface area contributed by atoms with Crippen molar-refractivity contribution in [1.82, 2.24) is 10.3 Å². The van der Waals surface area contributed by atoms with E-state index in [0.29, 0.717) is 5.69 Å². The zero-order chi connectivity index (χ0) is 13.7. The maximum absolute atomic E-state index is 11.6. The Hall–Kier alpha value is -2.63. The molecule has 98 valence electrons. The number of urea groups is 1. The van der Waals surface area contributed by atoms with Gasteiger partial charge in [0.25, 0.3) is 0 Å². The number of rotatable bonds is 4. The zero-order valence-electron chi connectivity index (χ0n) is 10.1. The summed E-state index contributed by atoms with van der Waals surface area (Å²) in [6.45, 7) is 0.0875. The first-order valence-electron chi connectivity index (χ1n) is 5.77. The Bertz CT molecular complexity index is 608. The van der Waals surface area contributed by atoms with Gasteiger partial charge < -0.3 is 15.7 Å². The highest BCUT2D eigenvalue weighted by atomic mass is 16.4. The number of carbonyl (C=O) groups is 2. The predicted octanol–water partition coefficient (Wildman–Crippen LogP) is 1.83. The fourth-order valence-corrected chi connectivity index (χ4v) is 1.66. The molecular weight excluding hydrogens is 246 g/mol. The van der Waals surface area contributed by atoms with Crippen LogP contribution in [0.4, 0.5) is 10.5 Å². The Labute approximate surface area is 109 Å². The van der Waals surface area contributed by atoms with Gasteiger partial charge in [-0.15, -0.1) is 0 Å². The molecule has 0 saturated heterocycles. The minimum Gasteiger partial charge on any atom is -0.481 e. The third-order valence-corrected chi connectivity index (χ3v) is 2.52. The quantitative estimate of drug-likeness (QED) is 0.781. The summed E-state index contributed by atoms with van der Waals surface area (Å²) in [6.07, 6.45) is 1.57. The number of hydrogen-bond acceptors (Lipinski definition) is 3. The highest BCUT2D eigenvalue weighted by Crippen LogP contribution is 2.20. The van der Waals surface area contributed by atoms with Gasteiger partial charge in [0, 0.05) is 18.1 Å². The number of aliphatic carboxylic acids is 1. The third kappa shape index (κ3) is 3.41. The van der Waals surface area contributed by atoms with E-state index in [1.54, 1.807) is 24.4 Å². The first-order chi connectivity index (χ1) is 9.16. The van der Waals surface area contributed by atoms with Gasteiger partial charge in [0.2, 0.25) is 0 Å². The van der Waals surface area contributed by atoms with Crippen LogP contribution in [0.3, 0.4) is 0 Å². The Morgan fingerprint density at radius 3 is 2.84 bits per heavy atom. The maximum Gasteiger partial charge on any atom is 0.319 e. The summed E-state index contributed by atoms with van der Waals surface area (Å²) in [5.74, 6) is -0.949. The van der Waals surface area contributed by atoms with E-state index in [2.05, 4.69) is 15.6 Å². The number of aromatic nitrogens is 1. The lowest BCUT2D eigenvalue weighted by Crippen LogP contribution is -2.30. The van der Waals surface area contributed by atoms with Gasteiger partial charge in [-0.2, -0.15) is 0 Å². The van der Waals surface area contributed by atoms with Gasteiger partial charge in [-0.3, -0.25) is 9.78 Å². The molecule has 1 aromatic carbocycles. The Morgan fingerprint density at radius 1 is 1.21 bits per heavy atom. The Morgan fingerprint density at radius 2 is 2.05 bits per heavy atom. The minimum absolute atomic E-state index is 0.0875. The van der Waals surface area contributed by atoms with Crippen molar-refractivity contribution < 1.29 is 14.7 Å². The van der Waals surface area contributed by atoms with Crippen molar-refractivity contribution in [1.29, 1.82) is 0 Å². The van der Waals surface area contributed by atoms with Crippen LogP contribution in [-0.4, -0.2) is 28.6 Å². The van der Waals surface area contributed by atoms with Crippen molar-refractivity contribution in [3.63, 3.8) is 0 Å². The number of pyridine rings is 1. The fourth-order valence-electron chi connectivity index (χ4n) is 1.66. The molecule has 3 N–H and O–H groups in total. The van der Waals surface area contributed by atoms with Crippen LogP contribution in [0.1, 0.15) is 6.42 Å². The molecule has 0 aliphatic carbocycles. The van der Waals surface area contributed by atoms with Crippen molar-refractivity contribution in [3.8, 4) is 0 Å². The predicted molar refractivity (Wildman–Crippen MR) is 71.0 cm³/mol. The first-order valence-corrected chi connectivity index (χ1v) is 5.77. The molecule has 0 unspecified atom stereocenters. The van der Waals surface area contributed by atoms with Crippen LogP contribution in [0, 0.1) is 0 Å². The summed E-state index contributed by atoms with van der Waals surface area (Å²) in [6, 6.07) is 8.62. The number of amides is 2. The minimum atomic E-state index is -0.949. The second-order valence-electron chi connectivity index (χ2n) is 3.90. The van der Waals surface area contributed by atoms with Crippen molar-refractivity contribution in [2.24, 2.45) is 0 Å². The van der Waals surface area contributed by atoms with E-state index in [1.807, 2.05) is 12.1 Å². The number of nitrogens with zero attached hydrogens (tertiary/aromatic N) is 1. The van der Waals surface area contributed by atoms with E-state index in [0.717, 1.165) is 10.9 Å². The molecule has 0 fully saturated rings. The molecule has 19 heavy (non-hydrogen) atoms. The summed E-state index contributed by atoms with van der Waals surface area (Å²) in [5, 5.41) is 14.5. The molecular formula is C13H13N3O3. The van der Waals surface area contributed by atoms with E-state index >= 15 is 0 Å². The fraction of sp³-hybridized carbons (Fsp3) is 0.154. The van der Waals surface area contributed by atoms with Crippen LogP contribution in [0.25, 0.3) is 10.9 Å². The standard InChI is InChI=1S/C13H13N3O3/c17-12(18)6-8-15-13(19)16-11-5-1-4-10-9(11)3-2-7-14-10/h1-5,7H,6,8H2,(H,17,18)(H2,15,16,19). The van der Waals surface area contributed by atoms with Gasteiger partial charge in [-0.05, 0) is 24.3 Å². The van der Waals surface area contributed by atoms with Gasteiger partial charge in [0.15, 0.2) is 0 Å². The average molecular weight is 259 g/mol. The lowest BCUT2D eigenvalue weighted by atomic mass is 10.2. The van der Waals surface area contributed by atoms with Crippen LogP contribution in [-0.2, 0) is 4.79 Å². The molecule has 0 radical (unpaired) electrons. The maximum atomic E-state index is 11.6. The molecule has 0 aliphatic rings. The van der Waals surface area contributed by atoms with Crippen molar-refractivity contribution in [2.45, 2.75) is 6.42 Å². The van der Waals surface area contributed by atoms with Crippen molar-refractivity contribution in [2.75, 3.05) is 11.9 Å². The first kappa shape index (κ1) is 12.8. The lowest BCUT2D eigenvalue weighted by Gasteiger charge is -2.09. The second-order valence-corrected chi connectivity index (χ2v) is 3.90. The number of fused-ring (bicyclic) bond motifs is 1. The van der Waals surface area contributed by atoms with Gasteiger partial charge in [0.1, 0.15) is 0 Å². The Balaban J connectivity index is 2.05. The summed E-state index contributed by atoms with van der Waals surface area (Å²) in [4.78, 5) is 26.1. The van der Waals surface area contributed by atoms with Crippen LogP contribution in [0.2, 0.25) is 0 Å². The van der Waals surface area contributed by atoms with E-state index in [-0.39, 0.29) is 13.0 Å². The zero-order valence-corrected chi connectivity index (χ0v) is 10.1. The lowest BCUT2D eigenvalue weighted by molar-refractivity contribution is -0.136. The molecule has 2 amide bonds. The van der Waals surface area contributed by atoms with Gasteiger partial charge in [-0.1, -0.05) is 6.07 Å². The molecule has 0 saturated carbocycles. The topological polar surface area (TPSA) is 91.3 Å². The molecule has 6 nitrogen and oxygen atoms in total. The Kier molecular flexibility index (Phi) is 3.92. The second kappa shape index (κ2) is 5.81. The largest absolute Gasteiger partial charge is 0.481 e. The average Bonchev–Trinajstić information content (AvgIpc) is 2.39. The number of carboxylic acids is 1. The van der Waals surface area contributed by atoms with Crippen molar-refractivity contribution >= 4 is 28.6 Å². The van der Waals surface area contributed by atoms with Crippen LogP contribution in [0.5, 0.6) is 0 Å². The number of hydrogen-bond donors (Lipinski definition) is 3. The number of nitrogens with one attached hydrogen (secondary N) is 2. The van der Waals surface area contributed by atoms with Crippen LogP contribution >= 0.6 is 0 Å². The number of carboxylic acid groups (broad SMARTS) is 1. The SMILES string of the molecule is O=C(O)CCNC(=O)Nc1cccc2ncccc12. The van der Waals surface area contributed by atoms with E-state index in [4.69, 9.17) is 5.11 Å². The molecule has 0 aliphatic heterocycles. The molecule has 1 heterocycles. The molecule has 0 atom stereocenters. The summed E-state index contributed by atoms with van der Waals surface area (Å²) in [5.41, 5.74) is 1.42. The number of benzene rings is 1. The normalized spacial score (nSPS) is 10.1. The van der Waals surface area contributed by atoms with Gasteiger partial charge in [0.05, 0.1) is 17.6 Å². The van der Waals surface area contributed by atoms with E-state index in [1.165, 1.54) is 0 Å².